The van der Waals surface area contributed by atoms with E-state index in [0.717, 1.165) is 4.90 Å². The van der Waals surface area contributed by atoms with E-state index in [4.69, 9.17) is 11.6 Å². The van der Waals surface area contributed by atoms with Crippen molar-refractivity contribution in [1.82, 2.24) is 10.2 Å². The van der Waals surface area contributed by atoms with Crippen LogP contribution < -0.4 is 5.32 Å². The van der Waals surface area contributed by atoms with Crippen LogP contribution >= 0.6 is 11.6 Å². The van der Waals surface area contributed by atoms with Crippen molar-refractivity contribution in [1.29, 1.82) is 0 Å². The molecule has 0 spiro atoms. The van der Waals surface area contributed by atoms with Gasteiger partial charge in [-0.1, -0.05) is 0 Å². The van der Waals surface area contributed by atoms with E-state index < -0.39 is 17.3 Å². The van der Waals surface area contributed by atoms with E-state index in [1.165, 1.54) is 14.0 Å². The highest BCUT2D eigenvalue weighted by Crippen LogP contribution is 2.10. The standard InChI is InChI=1S/C8H11ClN2O3/c1-4(9)7(13)10-5-3-6(12)11(2)8(5)14/h4-5H,3H2,1-2H3,(H,10,13). The molecule has 1 aliphatic heterocycles. The van der Waals surface area contributed by atoms with Crippen LogP contribution in [0.3, 0.4) is 0 Å². The molecule has 1 heterocycles. The maximum atomic E-state index is 11.3. The van der Waals surface area contributed by atoms with Gasteiger partial charge in [-0.15, -0.1) is 11.6 Å². The Kier molecular flexibility index (Phi) is 3.10. The minimum absolute atomic E-state index is 0.0185. The molecule has 0 radical (unpaired) electrons. The number of likely N-dealkylation sites (tertiary alicyclic amines) is 1. The van der Waals surface area contributed by atoms with Crippen molar-refractivity contribution in [2.24, 2.45) is 0 Å². The van der Waals surface area contributed by atoms with Gasteiger partial charge in [-0.05, 0) is 6.92 Å². The largest absolute Gasteiger partial charge is 0.342 e. The summed E-state index contributed by atoms with van der Waals surface area (Å²) in [4.78, 5) is 34.5. The molecular formula is C8H11ClN2O3. The molecule has 1 rings (SSSR count). The van der Waals surface area contributed by atoms with Crippen LogP contribution in [-0.4, -0.2) is 41.1 Å². The van der Waals surface area contributed by atoms with E-state index in [9.17, 15) is 14.4 Å². The van der Waals surface area contributed by atoms with Gasteiger partial charge < -0.3 is 5.32 Å². The zero-order valence-electron chi connectivity index (χ0n) is 7.91. The second kappa shape index (κ2) is 3.96. The summed E-state index contributed by atoms with van der Waals surface area (Å²) in [6.45, 7) is 1.50. The summed E-state index contributed by atoms with van der Waals surface area (Å²) in [5.41, 5.74) is 0. The fraction of sp³-hybridized carbons (Fsp3) is 0.625. The van der Waals surface area contributed by atoms with Gasteiger partial charge in [0.05, 0.1) is 6.42 Å². The molecule has 2 unspecified atom stereocenters. The number of rotatable bonds is 2. The number of carbonyl (C=O) groups is 3. The maximum Gasteiger partial charge on any atom is 0.252 e. The lowest BCUT2D eigenvalue weighted by atomic mass is 10.2. The minimum Gasteiger partial charge on any atom is -0.342 e. The summed E-state index contributed by atoms with van der Waals surface area (Å²) in [5.74, 6) is -1.11. The van der Waals surface area contributed by atoms with E-state index in [-0.39, 0.29) is 18.2 Å². The quantitative estimate of drug-likeness (QED) is 0.501. The molecule has 0 aromatic carbocycles. The van der Waals surface area contributed by atoms with Crippen molar-refractivity contribution in [2.45, 2.75) is 24.8 Å². The first kappa shape index (κ1) is 11.0. The molecule has 78 valence electrons. The highest BCUT2D eigenvalue weighted by molar-refractivity contribution is 6.30. The van der Waals surface area contributed by atoms with Crippen LogP contribution in [0.5, 0.6) is 0 Å². The molecule has 0 aliphatic carbocycles. The first-order valence-electron chi connectivity index (χ1n) is 4.18. The first-order valence-corrected chi connectivity index (χ1v) is 4.62. The summed E-state index contributed by atoms with van der Waals surface area (Å²) in [6, 6.07) is -0.749. The lowest BCUT2D eigenvalue weighted by molar-refractivity contribution is -0.138. The van der Waals surface area contributed by atoms with Crippen molar-refractivity contribution in [2.75, 3.05) is 7.05 Å². The van der Waals surface area contributed by atoms with Gasteiger partial charge in [-0.2, -0.15) is 0 Å². The molecule has 0 aromatic rings. The number of likely N-dealkylation sites (N-methyl/N-ethyl adjacent to an activating group) is 1. The second-order valence-electron chi connectivity index (χ2n) is 3.17. The molecule has 14 heavy (non-hydrogen) atoms. The Balaban J connectivity index is 2.60. The molecule has 1 saturated heterocycles. The maximum absolute atomic E-state index is 11.3. The van der Waals surface area contributed by atoms with Crippen LogP contribution in [0.25, 0.3) is 0 Å². The molecular weight excluding hydrogens is 208 g/mol. The van der Waals surface area contributed by atoms with Gasteiger partial charge >= 0.3 is 0 Å². The fourth-order valence-electron chi connectivity index (χ4n) is 1.15. The van der Waals surface area contributed by atoms with Crippen molar-refractivity contribution in [3.63, 3.8) is 0 Å². The Labute approximate surface area is 86.4 Å². The number of amides is 3. The molecule has 3 amide bonds. The highest BCUT2D eigenvalue weighted by Gasteiger charge is 2.37. The van der Waals surface area contributed by atoms with Gasteiger partial charge in [-0.25, -0.2) is 0 Å². The number of nitrogens with one attached hydrogen (secondary N) is 1. The number of alkyl halides is 1. The van der Waals surface area contributed by atoms with Crippen molar-refractivity contribution in [3.05, 3.63) is 0 Å². The predicted octanol–water partition coefficient (Wildman–Crippen LogP) is -0.513. The average Bonchev–Trinajstić information content (AvgIpc) is 2.33. The molecule has 0 aromatic heterocycles. The first-order chi connectivity index (χ1) is 6.43. The number of imide groups is 1. The molecule has 1 N–H and O–H groups in total. The Morgan fingerprint density at radius 2 is 2.21 bits per heavy atom. The van der Waals surface area contributed by atoms with E-state index in [2.05, 4.69) is 5.32 Å². The van der Waals surface area contributed by atoms with E-state index in [0.29, 0.717) is 0 Å². The second-order valence-corrected chi connectivity index (χ2v) is 3.83. The number of hydrogen-bond acceptors (Lipinski definition) is 3. The highest BCUT2D eigenvalue weighted by atomic mass is 35.5. The molecule has 1 aliphatic rings. The Morgan fingerprint density at radius 3 is 2.57 bits per heavy atom. The van der Waals surface area contributed by atoms with Gasteiger partial charge in [0, 0.05) is 7.05 Å². The number of nitrogens with zero attached hydrogens (tertiary/aromatic N) is 1. The molecule has 2 atom stereocenters. The van der Waals surface area contributed by atoms with Crippen LogP contribution in [0, 0.1) is 0 Å². The summed E-state index contributed by atoms with van der Waals surface area (Å²) in [7, 11) is 1.39. The van der Waals surface area contributed by atoms with Crippen molar-refractivity contribution in [3.8, 4) is 0 Å². The third kappa shape index (κ3) is 2.04. The van der Waals surface area contributed by atoms with Gasteiger partial charge in [-0.3, -0.25) is 19.3 Å². The van der Waals surface area contributed by atoms with Crippen molar-refractivity contribution >= 4 is 29.3 Å². The van der Waals surface area contributed by atoms with Gasteiger partial charge in [0.2, 0.25) is 11.8 Å². The van der Waals surface area contributed by atoms with Crippen LogP contribution in [0.2, 0.25) is 0 Å². The predicted molar refractivity (Wildman–Crippen MR) is 49.6 cm³/mol. The number of carbonyl (C=O) groups excluding carboxylic acids is 3. The molecule has 0 bridgehead atoms. The van der Waals surface area contributed by atoms with Crippen LogP contribution in [0.4, 0.5) is 0 Å². The van der Waals surface area contributed by atoms with E-state index >= 15 is 0 Å². The van der Waals surface area contributed by atoms with Crippen molar-refractivity contribution < 1.29 is 14.4 Å². The minimum atomic E-state index is -0.749. The van der Waals surface area contributed by atoms with Crippen LogP contribution in [0.15, 0.2) is 0 Å². The summed E-state index contributed by atoms with van der Waals surface area (Å²) in [5, 5.41) is 1.70. The summed E-state index contributed by atoms with van der Waals surface area (Å²) < 4.78 is 0. The topological polar surface area (TPSA) is 66.5 Å². The zero-order chi connectivity index (χ0) is 10.9. The van der Waals surface area contributed by atoms with Gasteiger partial charge in [0.25, 0.3) is 5.91 Å². The third-order valence-corrected chi connectivity index (χ3v) is 2.26. The smallest absolute Gasteiger partial charge is 0.252 e. The zero-order valence-corrected chi connectivity index (χ0v) is 8.67. The normalized spacial score (nSPS) is 23.9. The average molecular weight is 219 g/mol. The third-order valence-electron chi connectivity index (χ3n) is 2.06. The van der Waals surface area contributed by atoms with E-state index in [1.807, 2.05) is 0 Å². The number of hydrogen-bond donors (Lipinski definition) is 1. The molecule has 6 heteroatoms. The summed E-state index contributed by atoms with van der Waals surface area (Å²) >= 11 is 5.51. The molecule has 1 fully saturated rings. The number of halogens is 1. The molecule has 0 saturated carbocycles. The SMILES string of the molecule is CC(Cl)C(=O)NC1CC(=O)N(C)C1=O. The van der Waals surface area contributed by atoms with Gasteiger partial charge in [0.15, 0.2) is 0 Å². The Morgan fingerprint density at radius 1 is 1.64 bits per heavy atom. The lowest BCUT2D eigenvalue weighted by Gasteiger charge is -2.11. The molecule has 5 nitrogen and oxygen atoms in total. The van der Waals surface area contributed by atoms with Gasteiger partial charge in [0.1, 0.15) is 11.4 Å². The monoisotopic (exact) mass is 218 g/mol. The van der Waals surface area contributed by atoms with Crippen LogP contribution in [0.1, 0.15) is 13.3 Å². The van der Waals surface area contributed by atoms with Crippen LogP contribution in [-0.2, 0) is 14.4 Å². The van der Waals surface area contributed by atoms with E-state index in [1.54, 1.807) is 0 Å². The fourth-order valence-corrected chi connectivity index (χ4v) is 1.22. The Bertz CT molecular complexity index is 290. The Hall–Kier alpha value is -1.10. The summed E-state index contributed by atoms with van der Waals surface area (Å²) in [6.07, 6.45) is 0.0185. The lowest BCUT2D eigenvalue weighted by Crippen LogP contribution is -2.43.